The smallest absolute Gasteiger partial charge is 0.244 e. The standard InChI is InChI=1S/C22H27Cl2N3O6S/c1-14(22(29)25-2)26(12-15-6-8-17(23)18(24)10-15)21(28)13-27(34(5,30)31)16-7-9-19(32-3)20(11-16)33-4/h6-11,14H,12-13H2,1-5H3,(H,25,29)/t14-/m1/s1. The van der Waals surface area contributed by atoms with Crippen LogP contribution in [0.3, 0.4) is 0 Å². The first kappa shape index (κ1) is 27.6. The van der Waals surface area contributed by atoms with Gasteiger partial charge in [0.1, 0.15) is 12.6 Å². The van der Waals surface area contributed by atoms with Crippen molar-refractivity contribution in [1.29, 1.82) is 0 Å². The molecule has 0 aliphatic rings. The van der Waals surface area contributed by atoms with Gasteiger partial charge in [-0.2, -0.15) is 0 Å². The topological polar surface area (TPSA) is 105 Å². The van der Waals surface area contributed by atoms with Crippen molar-refractivity contribution in [3.8, 4) is 11.5 Å². The number of hydrogen-bond donors (Lipinski definition) is 1. The van der Waals surface area contributed by atoms with Crippen molar-refractivity contribution in [3.63, 3.8) is 0 Å². The maximum Gasteiger partial charge on any atom is 0.244 e. The lowest BCUT2D eigenvalue weighted by Crippen LogP contribution is -2.50. The summed E-state index contributed by atoms with van der Waals surface area (Å²) in [5, 5.41) is 3.15. The number of nitrogens with zero attached hydrogens (tertiary/aromatic N) is 2. The summed E-state index contributed by atoms with van der Waals surface area (Å²) in [4.78, 5) is 27.0. The Labute approximate surface area is 209 Å². The summed E-state index contributed by atoms with van der Waals surface area (Å²) in [6, 6.07) is 8.45. The molecule has 0 unspecified atom stereocenters. The molecular formula is C22H27Cl2N3O6S. The Morgan fingerprint density at radius 3 is 2.21 bits per heavy atom. The molecule has 0 saturated carbocycles. The van der Waals surface area contributed by atoms with Gasteiger partial charge in [0, 0.05) is 19.7 Å². The van der Waals surface area contributed by atoms with Gasteiger partial charge in [0.05, 0.1) is 36.2 Å². The molecule has 1 atom stereocenters. The molecule has 0 fully saturated rings. The summed E-state index contributed by atoms with van der Waals surface area (Å²) in [6.45, 7) is 1.01. The van der Waals surface area contributed by atoms with Gasteiger partial charge in [-0.1, -0.05) is 29.3 Å². The van der Waals surface area contributed by atoms with Crippen LogP contribution < -0.4 is 19.1 Å². The monoisotopic (exact) mass is 531 g/mol. The second-order valence-corrected chi connectivity index (χ2v) is 10.1. The van der Waals surface area contributed by atoms with Crippen LogP contribution >= 0.6 is 23.2 Å². The Hall–Kier alpha value is -2.69. The van der Waals surface area contributed by atoms with Gasteiger partial charge in [-0.3, -0.25) is 13.9 Å². The molecule has 0 aliphatic carbocycles. The third-order valence-corrected chi connectivity index (χ3v) is 6.96. The van der Waals surface area contributed by atoms with E-state index >= 15 is 0 Å². The highest BCUT2D eigenvalue weighted by Gasteiger charge is 2.30. The minimum atomic E-state index is -3.88. The number of sulfonamides is 1. The van der Waals surface area contributed by atoms with Crippen molar-refractivity contribution in [1.82, 2.24) is 10.2 Å². The zero-order valence-electron chi connectivity index (χ0n) is 19.5. The number of benzene rings is 2. The zero-order chi connectivity index (χ0) is 25.6. The molecule has 1 N–H and O–H groups in total. The van der Waals surface area contributed by atoms with Gasteiger partial charge in [-0.25, -0.2) is 8.42 Å². The molecule has 0 aliphatic heterocycles. The number of ether oxygens (including phenoxy) is 2. The summed E-state index contributed by atoms with van der Waals surface area (Å²) in [6.07, 6.45) is 0.989. The predicted octanol–water partition coefficient (Wildman–Crippen LogP) is 2.94. The number of amides is 2. The van der Waals surface area contributed by atoms with Crippen LogP contribution in [0.1, 0.15) is 12.5 Å². The molecule has 2 aromatic carbocycles. The lowest BCUT2D eigenvalue weighted by molar-refractivity contribution is -0.139. The van der Waals surface area contributed by atoms with Gasteiger partial charge in [0.25, 0.3) is 0 Å². The molecule has 2 amide bonds. The Bertz CT molecular complexity index is 1160. The maximum atomic E-state index is 13.4. The Kier molecular flexibility index (Phi) is 9.43. The van der Waals surface area contributed by atoms with E-state index in [0.717, 1.165) is 10.6 Å². The first-order valence-corrected chi connectivity index (χ1v) is 12.7. The van der Waals surface area contributed by atoms with Crippen LogP contribution in [0.4, 0.5) is 5.69 Å². The van der Waals surface area contributed by atoms with Crippen LogP contribution in [-0.4, -0.2) is 65.2 Å². The van der Waals surface area contributed by atoms with Crippen molar-refractivity contribution >= 4 is 50.7 Å². The second-order valence-electron chi connectivity index (χ2n) is 7.37. The fourth-order valence-corrected chi connectivity index (χ4v) is 4.38. The van der Waals surface area contributed by atoms with E-state index in [1.165, 1.54) is 44.4 Å². The molecule has 2 rings (SSSR count). The number of nitrogens with one attached hydrogen (secondary N) is 1. The van der Waals surface area contributed by atoms with Crippen molar-refractivity contribution < 1.29 is 27.5 Å². The first-order valence-electron chi connectivity index (χ1n) is 10.1. The Morgan fingerprint density at radius 1 is 1.03 bits per heavy atom. The first-order chi connectivity index (χ1) is 15.9. The number of methoxy groups -OCH3 is 2. The fraction of sp³-hybridized carbons (Fsp3) is 0.364. The molecule has 0 aromatic heterocycles. The van der Waals surface area contributed by atoms with Gasteiger partial charge in [0.15, 0.2) is 11.5 Å². The zero-order valence-corrected chi connectivity index (χ0v) is 21.8. The van der Waals surface area contributed by atoms with E-state index in [-0.39, 0.29) is 12.2 Å². The lowest BCUT2D eigenvalue weighted by Gasteiger charge is -2.31. The Balaban J connectivity index is 2.44. The van der Waals surface area contributed by atoms with E-state index in [1.54, 1.807) is 25.1 Å². The quantitative estimate of drug-likeness (QED) is 0.505. The third-order valence-electron chi connectivity index (χ3n) is 5.08. The molecular weight excluding hydrogens is 505 g/mol. The van der Waals surface area contributed by atoms with Gasteiger partial charge < -0.3 is 19.7 Å². The molecule has 0 heterocycles. The minimum Gasteiger partial charge on any atom is -0.493 e. The molecule has 0 saturated heterocycles. The minimum absolute atomic E-state index is 0.00778. The third kappa shape index (κ3) is 6.68. The van der Waals surface area contributed by atoms with E-state index in [4.69, 9.17) is 32.7 Å². The summed E-state index contributed by atoms with van der Waals surface area (Å²) < 4.78 is 36.6. The average molecular weight is 532 g/mol. The van der Waals surface area contributed by atoms with Crippen LogP contribution in [0.2, 0.25) is 10.0 Å². The van der Waals surface area contributed by atoms with Crippen LogP contribution in [0.15, 0.2) is 36.4 Å². The van der Waals surface area contributed by atoms with Gasteiger partial charge in [0.2, 0.25) is 21.8 Å². The van der Waals surface area contributed by atoms with Gasteiger partial charge >= 0.3 is 0 Å². The number of anilines is 1. The van der Waals surface area contributed by atoms with Crippen LogP contribution in [-0.2, 0) is 26.2 Å². The molecule has 2 aromatic rings. The summed E-state index contributed by atoms with van der Waals surface area (Å²) in [7, 11) is 0.447. The Morgan fingerprint density at radius 2 is 1.68 bits per heavy atom. The normalized spacial score (nSPS) is 12.0. The summed E-state index contributed by atoms with van der Waals surface area (Å²) in [5.41, 5.74) is 0.825. The number of rotatable bonds is 10. The SMILES string of the molecule is CNC(=O)[C@@H](C)N(Cc1ccc(Cl)c(Cl)c1)C(=O)CN(c1ccc(OC)c(OC)c1)S(C)(=O)=O. The van der Waals surface area contributed by atoms with Crippen LogP contribution in [0.25, 0.3) is 0 Å². The molecule has 12 heteroatoms. The number of hydrogen-bond acceptors (Lipinski definition) is 6. The summed E-state index contributed by atoms with van der Waals surface area (Å²) >= 11 is 12.1. The molecule has 0 bridgehead atoms. The van der Waals surface area contributed by atoms with E-state index < -0.39 is 34.4 Å². The maximum absolute atomic E-state index is 13.4. The largest absolute Gasteiger partial charge is 0.493 e. The highest BCUT2D eigenvalue weighted by molar-refractivity contribution is 7.92. The van der Waals surface area contributed by atoms with Crippen molar-refractivity contribution in [2.24, 2.45) is 0 Å². The molecule has 186 valence electrons. The van der Waals surface area contributed by atoms with Crippen LogP contribution in [0.5, 0.6) is 11.5 Å². The molecule has 9 nitrogen and oxygen atoms in total. The second kappa shape index (κ2) is 11.6. The average Bonchev–Trinajstić information content (AvgIpc) is 2.80. The van der Waals surface area contributed by atoms with Gasteiger partial charge in [-0.15, -0.1) is 0 Å². The highest BCUT2D eigenvalue weighted by Crippen LogP contribution is 2.32. The number of likely N-dealkylation sites (N-methyl/N-ethyl adjacent to an activating group) is 1. The van der Waals surface area contributed by atoms with E-state index in [2.05, 4.69) is 5.32 Å². The van der Waals surface area contributed by atoms with Crippen molar-refractivity contribution in [2.45, 2.75) is 19.5 Å². The van der Waals surface area contributed by atoms with Gasteiger partial charge in [-0.05, 0) is 36.8 Å². The summed E-state index contributed by atoms with van der Waals surface area (Å²) in [5.74, 6) is -0.305. The highest BCUT2D eigenvalue weighted by atomic mass is 35.5. The van der Waals surface area contributed by atoms with E-state index in [9.17, 15) is 18.0 Å². The fourth-order valence-electron chi connectivity index (χ4n) is 3.22. The number of carbonyl (C=O) groups is 2. The predicted molar refractivity (Wildman–Crippen MR) is 132 cm³/mol. The number of carbonyl (C=O) groups excluding carboxylic acids is 2. The lowest BCUT2D eigenvalue weighted by atomic mass is 10.1. The molecule has 34 heavy (non-hydrogen) atoms. The van der Waals surface area contributed by atoms with E-state index in [0.29, 0.717) is 27.1 Å². The van der Waals surface area contributed by atoms with Crippen molar-refractivity contribution in [2.75, 3.05) is 38.4 Å². The molecule has 0 radical (unpaired) electrons. The van der Waals surface area contributed by atoms with Crippen LogP contribution in [0, 0.1) is 0 Å². The van der Waals surface area contributed by atoms with Crippen molar-refractivity contribution in [3.05, 3.63) is 52.0 Å². The number of halogens is 2. The molecule has 0 spiro atoms. The van der Waals surface area contributed by atoms with E-state index in [1.807, 2.05) is 0 Å².